The molecule has 0 aliphatic rings. The molecule has 0 fully saturated rings. The Bertz CT molecular complexity index is 600. The largest absolute Gasteiger partial charge is 0.204 e. The molecule has 0 spiro atoms. The molecule has 0 bridgehead atoms. The van der Waals surface area contributed by atoms with Crippen molar-refractivity contribution in [2.75, 3.05) is 0 Å². The van der Waals surface area contributed by atoms with Gasteiger partial charge in [0.2, 0.25) is 0 Å². The van der Waals surface area contributed by atoms with Crippen molar-refractivity contribution in [3.8, 4) is 0 Å². The topological polar surface area (TPSA) is 24.7 Å². The van der Waals surface area contributed by atoms with E-state index in [1.807, 2.05) is 22.6 Å². The molecule has 2 aromatic carbocycles. The molecule has 0 heterocycles. The lowest BCUT2D eigenvalue weighted by Crippen LogP contribution is -1.84. The lowest BCUT2D eigenvalue weighted by atomic mass is 10.3. The Morgan fingerprint density at radius 1 is 0.944 bits per heavy atom. The fraction of sp³-hybridized carbons (Fsp3) is 0. The maximum atomic E-state index is 13.0. The van der Waals surface area contributed by atoms with Gasteiger partial charge in [-0.3, -0.25) is 0 Å². The van der Waals surface area contributed by atoms with E-state index in [1.54, 1.807) is 24.3 Å². The van der Waals surface area contributed by atoms with Crippen LogP contribution in [0.4, 0.5) is 20.2 Å². The van der Waals surface area contributed by atoms with E-state index in [-0.39, 0.29) is 5.69 Å². The van der Waals surface area contributed by atoms with E-state index in [0.29, 0.717) is 14.3 Å². The second-order valence-corrected chi connectivity index (χ2v) is 4.99. The third kappa shape index (κ3) is 3.23. The molecule has 0 aromatic heterocycles. The van der Waals surface area contributed by atoms with E-state index in [9.17, 15) is 8.78 Å². The minimum Gasteiger partial charge on any atom is -0.204 e. The van der Waals surface area contributed by atoms with Gasteiger partial charge in [-0.1, -0.05) is 11.6 Å². The van der Waals surface area contributed by atoms with Crippen molar-refractivity contribution >= 4 is 45.6 Å². The van der Waals surface area contributed by atoms with E-state index in [4.69, 9.17) is 11.6 Å². The summed E-state index contributed by atoms with van der Waals surface area (Å²) in [4.78, 5) is 0. The number of benzene rings is 2. The van der Waals surface area contributed by atoms with Crippen LogP contribution in [-0.4, -0.2) is 0 Å². The van der Waals surface area contributed by atoms with Gasteiger partial charge in [0, 0.05) is 14.7 Å². The van der Waals surface area contributed by atoms with Crippen LogP contribution in [0.25, 0.3) is 0 Å². The highest BCUT2D eigenvalue weighted by Crippen LogP contribution is 2.26. The highest BCUT2D eigenvalue weighted by atomic mass is 127. The van der Waals surface area contributed by atoms with Gasteiger partial charge in [-0.05, 0) is 52.9 Å². The molecule has 0 aliphatic carbocycles. The molecule has 0 radical (unpaired) electrons. The van der Waals surface area contributed by atoms with E-state index in [0.717, 1.165) is 12.1 Å². The van der Waals surface area contributed by atoms with Crippen molar-refractivity contribution in [3.63, 3.8) is 0 Å². The van der Waals surface area contributed by atoms with Crippen LogP contribution < -0.4 is 0 Å². The van der Waals surface area contributed by atoms with Crippen molar-refractivity contribution in [2.24, 2.45) is 10.2 Å². The Hall–Kier alpha value is -1.08. The molecule has 2 aromatic rings. The molecule has 0 saturated heterocycles. The average molecular weight is 379 g/mol. The van der Waals surface area contributed by atoms with E-state index >= 15 is 0 Å². The standard InChI is InChI=1S/C12H6ClF2IN2/c13-7-1-3-8(4-2-7)17-18-12-6-10(15)9(14)5-11(12)16/h1-6H/b18-17+. The van der Waals surface area contributed by atoms with Crippen LogP contribution in [0.1, 0.15) is 0 Å². The molecular weight excluding hydrogens is 372 g/mol. The Kier molecular flexibility index (Phi) is 4.23. The number of hydrogen-bond donors (Lipinski definition) is 0. The molecule has 0 amide bonds. The molecule has 92 valence electrons. The normalized spacial score (nSPS) is 11.1. The summed E-state index contributed by atoms with van der Waals surface area (Å²) in [6, 6.07) is 8.79. The van der Waals surface area contributed by atoms with Crippen LogP contribution in [0.5, 0.6) is 0 Å². The Balaban J connectivity index is 2.28. The maximum absolute atomic E-state index is 13.0. The summed E-state index contributed by atoms with van der Waals surface area (Å²) in [5, 5.41) is 8.39. The second kappa shape index (κ2) is 5.71. The predicted octanol–water partition coefficient (Wildman–Crippen LogP) is 5.64. The summed E-state index contributed by atoms with van der Waals surface area (Å²) in [5.74, 6) is -1.84. The van der Waals surface area contributed by atoms with Crippen LogP contribution in [0.2, 0.25) is 5.02 Å². The average Bonchev–Trinajstić information content (AvgIpc) is 2.34. The van der Waals surface area contributed by atoms with Gasteiger partial charge in [-0.2, -0.15) is 5.11 Å². The summed E-state index contributed by atoms with van der Waals surface area (Å²) in [7, 11) is 0. The van der Waals surface area contributed by atoms with Gasteiger partial charge in [0.15, 0.2) is 11.6 Å². The molecule has 2 nitrogen and oxygen atoms in total. The lowest BCUT2D eigenvalue weighted by molar-refractivity contribution is 0.508. The molecule has 18 heavy (non-hydrogen) atoms. The number of nitrogens with zero attached hydrogens (tertiary/aromatic N) is 2. The monoisotopic (exact) mass is 378 g/mol. The first kappa shape index (κ1) is 13.4. The van der Waals surface area contributed by atoms with Gasteiger partial charge in [-0.25, -0.2) is 8.78 Å². The predicted molar refractivity (Wildman–Crippen MR) is 74.7 cm³/mol. The number of hydrogen-bond acceptors (Lipinski definition) is 2. The van der Waals surface area contributed by atoms with Gasteiger partial charge < -0.3 is 0 Å². The summed E-state index contributed by atoms with van der Waals surface area (Å²) in [5.41, 5.74) is 0.865. The second-order valence-electron chi connectivity index (χ2n) is 3.39. The van der Waals surface area contributed by atoms with Gasteiger partial charge in [0.1, 0.15) is 5.69 Å². The molecular formula is C12H6ClF2IN2. The highest BCUT2D eigenvalue weighted by molar-refractivity contribution is 14.1. The Morgan fingerprint density at radius 3 is 2.22 bits per heavy atom. The molecule has 0 N–H and O–H groups in total. The maximum Gasteiger partial charge on any atom is 0.161 e. The molecule has 0 aliphatic heterocycles. The quantitative estimate of drug-likeness (QED) is 0.367. The van der Waals surface area contributed by atoms with E-state index in [2.05, 4.69) is 10.2 Å². The van der Waals surface area contributed by atoms with Gasteiger partial charge >= 0.3 is 0 Å². The molecule has 0 atom stereocenters. The zero-order valence-electron chi connectivity index (χ0n) is 8.87. The first-order valence-electron chi connectivity index (χ1n) is 4.88. The Labute approximate surface area is 121 Å². The van der Waals surface area contributed by atoms with E-state index < -0.39 is 11.6 Å². The number of halogens is 4. The third-order valence-corrected chi connectivity index (χ3v) is 3.21. The first-order chi connectivity index (χ1) is 8.56. The SMILES string of the molecule is Fc1cc(I)c(/N=N/c2ccc(Cl)cc2)cc1F. The minimum atomic E-state index is -0.944. The van der Waals surface area contributed by atoms with Crippen LogP contribution in [0.15, 0.2) is 46.6 Å². The van der Waals surface area contributed by atoms with Crippen LogP contribution >= 0.6 is 34.2 Å². The fourth-order valence-electron chi connectivity index (χ4n) is 1.21. The minimum absolute atomic E-state index is 0.282. The number of rotatable bonds is 2. The Morgan fingerprint density at radius 2 is 1.56 bits per heavy atom. The van der Waals surface area contributed by atoms with E-state index in [1.165, 1.54) is 0 Å². The third-order valence-electron chi connectivity index (χ3n) is 2.09. The fourth-order valence-corrected chi connectivity index (χ4v) is 1.87. The van der Waals surface area contributed by atoms with Crippen molar-refractivity contribution in [3.05, 3.63) is 56.6 Å². The zero-order valence-corrected chi connectivity index (χ0v) is 11.8. The highest BCUT2D eigenvalue weighted by Gasteiger charge is 2.07. The lowest BCUT2D eigenvalue weighted by Gasteiger charge is -1.99. The van der Waals surface area contributed by atoms with Crippen LogP contribution in [-0.2, 0) is 0 Å². The van der Waals surface area contributed by atoms with Crippen molar-refractivity contribution in [2.45, 2.75) is 0 Å². The van der Waals surface area contributed by atoms with Crippen LogP contribution in [0.3, 0.4) is 0 Å². The summed E-state index contributed by atoms with van der Waals surface area (Å²) in [6.45, 7) is 0. The summed E-state index contributed by atoms with van der Waals surface area (Å²) in [6.07, 6.45) is 0. The molecule has 2 rings (SSSR count). The molecule has 6 heteroatoms. The van der Waals surface area contributed by atoms with Gasteiger partial charge in [-0.15, -0.1) is 5.11 Å². The van der Waals surface area contributed by atoms with Crippen molar-refractivity contribution in [1.82, 2.24) is 0 Å². The smallest absolute Gasteiger partial charge is 0.161 e. The molecule has 0 unspecified atom stereocenters. The van der Waals surface area contributed by atoms with Crippen LogP contribution in [0, 0.1) is 15.2 Å². The zero-order chi connectivity index (χ0) is 13.1. The first-order valence-corrected chi connectivity index (χ1v) is 6.34. The molecule has 0 saturated carbocycles. The van der Waals surface area contributed by atoms with Gasteiger partial charge in [0.05, 0.1) is 5.69 Å². The summed E-state index contributed by atoms with van der Waals surface area (Å²) >= 11 is 7.60. The number of azo groups is 1. The summed E-state index contributed by atoms with van der Waals surface area (Å²) < 4.78 is 26.4. The van der Waals surface area contributed by atoms with Crippen molar-refractivity contribution < 1.29 is 8.78 Å². The van der Waals surface area contributed by atoms with Gasteiger partial charge in [0.25, 0.3) is 0 Å². The van der Waals surface area contributed by atoms with Crippen molar-refractivity contribution in [1.29, 1.82) is 0 Å².